The fourth-order valence-corrected chi connectivity index (χ4v) is 1.45. The van der Waals surface area contributed by atoms with Crippen LogP contribution in [0.5, 0.6) is 0 Å². The number of nitrogens with zero attached hydrogens (tertiary/aromatic N) is 1. The maximum Gasteiger partial charge on any atom is 0.325 e. The normalized spacial score (nSPS) is 11.6. The summed E-state index contributed by atoms with van der Waals surface area (Å²) in [5, 5.41) is 2.69. The standard InChI is InChI=1S/C13H19N3O3/c1-9(14)10-5-4-6-11(7-10)15-13(18)16(2)8-12(17)19-3/h4-7,9H,8,14H2,1-3H3,(H,15,18). The molecule has 0 fully saturated rings. The van der Waals surface area contributed by atoms with Gasteiger partial charge in [-0.3, -0.25) is 4.79 Å². The van der Waals surface area contributed by atoms with Crippen LogP contribution in [0.3, 0.4) is 0 Å². The third-order valence-corrected chi connectivity index (χ3v) is 2.60. The Kier molecular flexibility index (Phi) is 5.32. The summed E-state index contributed by atoms with van der Waals surface area (Å²) in [7, 11) is 2.79. The number of rotatable bonds is 4. The van der Waals surface area contributed by atoms with Crippen LogP contribution in [-0.2, 0) is 9.53 Å². The second-order valence-corrected chi connectivity index (χ2v) is 4.28. The van der Waals surface area contributed by atoms with E-state index >= 15 is 0 Å². The summed E-state index contributed by atoms with van der Waals surface area (Å²) in [5.41, 5.74) is 7.33. The zero-order valence-corrected chi connectivity index (χ0v) is 11.3. The Morgan fingerprint density at radius 1 is 1.47 bits per heavy atom. The molecular formula is C13H19N3O3. The van der Waals surface area contributed by atoms with Crippen LogP contribution in [-0.4, -0.2) is 37.6 Å². The number of hydrogen-bond donors (Lipinski definition) is 2. The van der Waals surface area contributed by atoms with E-state index in [1.165, 1.54) is 19.1 Å². The number of ether oxygens (including phenoxy) is 1. The van der Waals surface area contributed by atoms with Gasteiger partial charge in [0, 0.05) is 18.8 Å². The molecule has 1 aromatic rings. The van der Waals surface area contributed by atoms with Crippen LogP contribution in [0.25, 0.3) is 0 Å². The Labute approximate surface area is 112 Å². The van der Waals surface area contributed by atoms with E-state index in [0.717, 1.165) is 5.56 Å². The quantitative estimate of drug-likeness (QED) is 0.805. The lowest BCUT2D eigenvalue weighted by Gasteiger charge is -2.17. The minimum atomic E-state index is -0.470. The molecule has 3 N–H and O–H groups in total. The lowest BCUT2D eigenvalue weighted by atomic mass is 10.1. The second kappa shape index (κ2) is 6.75. The van der Waals surface area contributed by atoms with Crippen molar-refractivity contribution in [3.8, 4) is 0 Å². The number of carbonyl (C=O) groups excluding carboxylic acids is 2. The molecule has 0 bridgehead atoms. The van der Waals surface area contributed by atoms with Gasteiger partial charge in [-0.15, -0.1) is 0 Å². The molecule has 0 spiro atoms. The number of amides is 2. The van der Waals surface area contributed by atoms with Gasteiger partial charge >= 0.3 is 12.0 Å². The van der Waals surface area contributed by atoms with Crippen LogP contribution in [0, 0.1) is 0 Å². The van der Waals surface area contributed by atoms with Crippen molar-refractivity contribution in [2.75, 3.05) is 26.0 Å². The van der Waals surface area contributed by atoms with Crippen molar-refractivity contribution in [2.45, 2.75) is 13.0 Å². The molecule has 0 heterocycles. The van der Waals surface area contributed by atoms with Gasteiger partial charge in [0.05, 0.1) is 7.11 Å². The fourth-order valence-electron chi connectivity index (χ4n) is 1.45. The van der Waals surface area contributed by atoms with Gasteiger partial charge in [0.25, 0.3) is 0 Å². The van der Waals surface area contributed by atoms with E-state index in [1.54, 1.807) is 12.1 Å². The third kappa shape index (κ3) is 4.59. The molecule has 1 atom stereocenters. The van der Waals surface area contributed by atoms with E-state index in [0.29, 0.717) is 5.69 Å². The number of urea groups is 1. The smallest absolute Gasteiger partial charge is 0.325 e. The van der Waals surface area contributed by atoms with Crippen molar-refractivity contribution in [1.82, 2.24) is 4.90 Å². The topological polar surface area (TPSA) is 84.7 Å². The van der Waals surface area contributed by atoms with Crippen LogP contribution in [0.4, 0.5) is 10.5 Å². The molecule has 0 aromatic heterocycles. The summed E-state index contributed by atoms with van der Waals surface area (Å²) in [6.07, 6.45) is 0. The summed E-state index contributed by atoms with van der Waals surface area (Å²) < 4.78 is 4.49. The monoisotopic (exact) mass is 265 g/mol. The summed E-state index contributed by atoms with van der Waals surface area (Å²) in [5.74, 6) is -0.470. The van der Waals surface area contributed by atoms with Crippen LogP contribution >= 0.6 is 0 Å². The van der Waals surface area contributed by atoms with E-state index in [-0.39, 0.29) is 18.6 Å². The molecule has 1 rings (SSSR count). The minimum Gasteiger partial charge on any atom is -0.468 e. The highest BCUT2D eigenvalue weighted by Crippen LogP contribution is 2.15. The predicted octanol–water partition coefficient (Wildman–Crippen LogP) is 1.34. The Balaban J connectivity index is 2.66. The molecule has 0 aliphatic carbocycles. The first-order valence-corrected chi connectivity index (χ1v) is 5.88. The zero-order valence-electron chi connectivity index (χ0n) is 11.3. The first-order valence-electron chi connectivity index (χ1n) is 5.88. The summed E-state index contributed by atoms with van der Waals surface area (Å²) >= 11 is 0. The highest BCUT2D eigenvalue weighted by molar-refractivity contribution is 5.91. The number of likely N-dealkylation sites (N-methyl/N-ethyl adjacent to an activating group) is 1. The molecule has 2 amide bonds. The lowest BCUT2D eigenvalue weighted by molar-refractivity contribution is -0.140. The van der Waals surface area contributed by atoms with Crippen molar-refractivity contribution < 1.29 is 14.3 Å². The highest BCUT2D eigenvalue weighted by atomic mass is 16.5. The molecule has 6 heteroatoms. The summed E-state index contributed by atoms with van der Waals surface area (Å²) in [4.78, 5) is 24.1. The number of carbonyl (C=O) groups is 2. The number of nitrogens with two attached hydrogens (primary N) is 1. The largest absolute Gasteiger partial charge is 0.468 e. The number of esters is 1. The van der Waals surface area contributed by atoms with Crippen LogP contribution < -0.4 is 11.1 Å². The van der Waals surface area contributed by atoms with Gasteiger partial charge in [-0.25, -0.2) is 4.79 Å². The van der Waals surface area contributed by atoms with Gasteiger partial charge in [0.2, 0.25) is 0 Å². The average molecular weight is 265 g/mol. The maximum atomic E-state index is 11.8. The predicted molar refractivity (Wildman–Crippen MR) is 72.7 cm³/mol. The van der Waals surface area contributed by atoms with Crippen LogP contribution in [0.2, 0.25) is 0 Å². The number of hydrogen-bond acceptors (Lipinski definition) is 4. The Hall–Kier alpha value is -2.08. The number of anilines is 1. The number of methoxy groups -OCH3 is 1. The van der Waals surface area contributed by atoms with Crippen LogP contribution in [0.15, 0.2) is 24.3 Å². The SMILES string of the molecule is COC(=O)CN(C)C(=O)Nc1cccc(C(C)N)c1. The Bertz CT molecular complexity index is 460. The molecule has 1 unspecified atom stereocenters. The van der Waals surface area contributed by atoms with Gasteiger partial charge in [0.1, 0.15) is 6.54 Å². The minimum absolute atomic E-state index is 0.102. The summed E-state index contributed by atoms with van der Waals surface area (Å²) in [6, 6.07) is 6.77. The molecule has 0 aliphatic rings. The van der Waals surface area contributed by atoms with Gasteiger partial charge in [-0.1, -0.05) is 12.1 Å². The van der Waals surface area contributed by atoms with E-state index < -0.39 is 5.97 Å². The molecule has 0 saturated carbocycles. The molecule has 1 aromatic carbocycles. The fraction of sp³-hybridized carbons (Fsp3) is 0.385. The van der Waals surface area contributed by atoms with Gasteiger partial charge < -0.3 is 20.7 Å². The second-order valence-electron chi connectivity index (χ2n) is 4.28. The van der Waals surface area contributed by atoms with Crippen LogP contribution in [0.1, 0.15) is 18.5 Å². The number of nitrogens with one attached hydrogen (secondary N) is 1. The Morgan fingerprint density at radius 2 is 2.16 bits per heavy atom. The van der Waals surface area contributed by atoms with Gasteiger partial charge in [-0.2, -0.15) is 0 Å². The van der Waals surface area contributed by atoms with Crippen molar-refractivity contribution >= 4 is 17.7 Å². The van der Waals surface area contributed by atoms with E-state index in [2.05, 4.69) is 10.1 Å². The molecule has 0 aliphatic heterocycles. The first-order chi connectivity index (χ1) is 8.93. The third-order valence-electron chi connectivity index (χ3n) is 2.60. The molecule has 6 nitrogen and oxygen atoms in total. The average Bonchev–Trinajstić information content (AvgIpc) is 2.38. The van der Waals surface area contributed by atoms with Crippen molar-refractivity contribution in [1.29, 1.82) is 0 Å². The maximum absolute atomic E-state index is 11.8. The van der Waals surface area contributed by atoms with E-state index in [9.17, 15) is 9.59 Å². The van der Waals surface area contributed by atoms with Crippen molar-refractivity contribution in [3.05, 3.63) is 29.8 Å². The molecule has 19 heavy (non-hydrogen) atoms. The molecule has 0 radical (unpaired) electrons. The highest BCUT2D eigenvalue weighted by Gasteiger charge is 2.13. The summed E-state index contributed by atoms with van der Waals surface area (Å²) in [6.45, 7) is 1.76. The van der Waals surface area contributed by atoms with E-state index in [1.807, 2.05) is 19.1 Å². The molecule has 104 valence electrons. The van der Waals surface area contributed by atoms with Crippen molar-refractivity contribution in [2.24, 2.45) is 5.73 Å². The molecule has 0 saturated heterocycles. The zero-order chi connectivity index (χ0) is 14.4. The van der Waals surface area contributed by atoms with Gasteiger partial charge in [-0.05, 0) is 24.6 Å². The Morgan fingerprint density at radius 3 is 2.74 bits per heavy atom. The number of benzene rings is 1. The molecular weight excluding hydrogens is 246 g/mol. The van der Waals surface area contributed by atoms with Crippen molar-refractivity contribution in [3.63, 3.8) is 0 Å². The lowest BCUT2D eigenvalue weighted by Crippen LogP contribution is -2.35. The van der Waals surface area contributed by atoms with E-state index in [4.69, 9.17) is 5.73 Å². The van der Waals surface area contributed by atoms with Gasteiger partial charge in [0.15, 0.2) is 0 Å². The first kappa shape index (κ1) is 15.0.